The number of hydrogen-bond donors (Lipinski definition) is 1. The van der Waals surface area contributed by atoms with Gasteiger partial charge in [0.25, 0.3) is 0 Å². The van der Waals surface area contributed by atoms with E-state index in [1.54, 1.807) is 12.0 Å². The fraction of sp³-hybridized carbons (Fsp3) is 0.556. The molecular weight excluding hydrogens is 292 g/mol. The minimum absolute atomic E-state index is 0.0208. The number of ether oxygens (including phenoxy) is 1. The van der Waals surface area contributed by atoms with Crippen LogP contribution >= 0.6 is 0 Å². The number of hydrogen-bond acceptors (Lipinski definition) is 3. The average Bonchev–Trinajstić information content (AvgIpc) is 2.88. The zero-order valence-corrected chi connectivity index (χ0v) is 14.2. The number of methoxy groups -OCH3 is 1. The lowest BCUT2D eigenvalue weighted by Crippen LogP contribution is -2.35. The van der Waals surface area contributed by atoms with Crippen molar-refractivity contribution in [3.8, 4) is 5.75 Å². The van der Waals surface area contributed by atoms with Gasteiger partial charge in [0.2, 0.25) is 11.8 Å². The van der Waals surface area contributed by atoms with E-state index in [0.29, 0.717) is 25.4 Å². The number of rotatable bonds is 7. The maximum absolute atomic E-state index is 12.2. The first-order chi connectivity index (χ1) is 11.0. The summed E-state index contributed by atoms with van der Waals surface area (Å²) in [5.41, 5.74) is 1.12. The maximum atomic E-state index is 12.2. The highest BCUT2D eigenvalue weighted by atomic mass is 16.5. The van der Waals surface area contributed by atoms with Gasteiger partial charge in [-0.3, -0.25) is 9.59 Å². The molecule has 5 nitrogen and oxygen atoms in total. The van der Waals surface area contributed by atoms with Crippen molar-refractivity contribution < 1.29 is 14.3 Å². The summed E-state index contributed by atoms with van der Waals surface area (Å²) < 4.78 is 5.19. The van der Waals surface area contributed by atoms with E-state index in [-0.39, 0.29) is 17.7 Å². The Labute approximate surface area is 138 Å². The van der Waals surface area contributed by atoms with Crippen molar-refractivity contribution in [1.82, 2.24) is 10.2 Å². The molecule has 1 aromatic rings. The van der Waals surface area contributed by atoms with Gasteiger partial charge >= 0.3 is 0 Å². The summed E-state index contributed by atoms with van der Waals surface area (Å²) in [5, 5.41) is 2.95. The monoisotopic (exact) mass is 318 g/mol. The topological polar surface area (TPSA) is 58.6 Å². The van der Waals surface area contributed by atoms with Crippen LogP contribution in [0.4, 0.5) is 0 Å². The number of nitrogens with one attached hydrogen (secondary N) is 1. The van der Waals surface area contributed by atoms with Crippen molar-refractivity contribution in [1.29, 1.82) is 0 Å². The first-order valence-electron chi connectivity index (χ1n) is 8.18. The van der Waals surface area contributed by atoms with Gasteiger partial charge < -0.3 is 15.0 Å². The van der Waals surface area contributed by atoms with Gasteiger partial charge in [-0.1, -0.05) is 26.0 Å². The van der Waals surface area contributed by atoms with Crippen molar-refractivity contribution in [2.45, 2.75) is 26.7 Å². The van der Waals surface area contributed by atoms with Crippen LogP contribution in [0.25, 0.3) is 0 Å². The van der Waals surface area contributed by atoms with Gasteiger partial charge in [0.15, 0.2) is 0 Å². The third-order valence-electron chi connectivity index (χ3n) is 4.02. The third-order valence-corrected chi connectivity index (χ3v) is 4.02. The average molecular weight is 318 g/mol. The molecule has 0 spiro atoms. The number of carbonyl (C=O) groups excluding carboxylic acids is 2. The van der Waals surface area contributed by atoms with Gasteiger partial charge in [0.05, 0.1) is 13.0 Å². The highest BCUT2D eigenvalue weighted by molar-refractivity contribution is 5.89. The quantitative estimate of drug-likeness (QED) is 0.835. The van der Waals surface area contributed by atoms with Crippen LogP contribution in [0.3, 0.4) is 0 Å². The predicted octanol–water partition coefficient (Wildman–Crippen LogP) is 1.86. The van der Waals surface area contributed by atoms with Crippen LogP contribution in [-0.2, 0) is 16.0 Å². The molecule has 1 aliphatic rings. The Balaban J connectivity index is 1.78. The molecule has 1 unspecified atom stereocenters. The van der Waals surface area contributed by atoms with E-state index in [4.69, 9.17) is 4.74 Å². The SMILES string of the molecule is COc1cccc(CCNC(=O)C2CC(=O)N(CC(C)C)C2)c1. The number of likely N-dealkylation sites (tertiary alicyclic amines) is 1. The van der Waals surface area contributed by atoms with E-state index >= 15 is 0 Å². The summed E-state index contributed by atoms with van der Waals surface area (Å²) in [5.74, 6) is 1.10. The third kappa shape index (κ3) is 4.98. The summed E-state index contributed by atoms with van der Waals surface area (Å²) in [4.78, 5) is 25.9. The standard InChI is InChI=1S/C18H26N2O3/c1-13(2)11-20-12-15(10-17(20)21)18(22)19-8-7-14-5-4-6-16(9-14)23-3/h4-6,9,13,15H,7-8,10-12H2,1-3H3,(H,19,22). The van der Waals surface area contributed by atoms with Crippen LogP contribution in [0.15, 0.2) is 24.3 Å². The number of nitrogens with zero attached hydrogens (tertiary/aromatic N) is 1. The number of benzene rings is 1. The highest BCUT2D eigenvalue weighted by Crippen LogP contribution is 2.19. The minimum Gasteiger partial charge on any atom is -0.497 e. The number of amides is 2. The van der Waals surface area contributed by atoms with Crippen LogP contribution in [-0.4, -0.2) is 43.5 Å². The van der Waals surface area contributed by atoms with E-state index in [0.717, 1.165) is 24.3 Å². The molecule has 1 N–H and O–H groups in total. The molecule has 0 aliphatic carbocycles. The van der Waals surface area contributed by atoms with E-state index in [1.807, 2.05) is 24.3 Å². The fourth-order valence-electron chi connectivity index (χ4n) is 2.87. The molecule has 2 amide bonds. The highest BCUT2D eigenvalue weighted by Gasteiger charge is 2.34. The zero-order valence-electron chi connectivity index (χ0n) is 14.2. The Morgan fingerprint density at radius 1 is 1.43 bits per heavy atom. The molecule has 1 heterocycles. The molecule has 5 heteroatoms. The first-order valence-corrected chi connectivity index (χ1v) is 8.18. The number of carbonyl (C=O) groups is 2. The lowest BCUT2D eigenvalue weighted by Gasteiger charge is -2.18. The normalized spacial score (nSPS) is 17.7. The molecule has 1 atom stereocenters. The second-order valence-corrected chi connectivity index (χ2v) is 6.49. The zero-order chi connectivity index (χ0) is 16.8. The van der Waals surface area contributed by atoms with Crippen LogP contribution in [0.1, 0.15) is 25.8 Å². The molecule has 1 fully saturated rings. The maximum Gasteiger partial charge on any atom is 0.225 e. The largest absolute Gasteiger partial charge is 0.497 e. The van der Waals surface area contributed by atoms with E-state index < -0.39 is 0 Å². The molecule has 0 aromatic heterocycles. The Bertz CT molecular complexity index is 557. The molecule has 1 saturated heterocycles. The summed E-state index contributed by atoms with van der Waals surface area (Å²) in [7, 11) is 1.64. The van der Waals surface area contributed by atoms with Gasteiger partial charge in [-0.2, -0.15) is 0 Å². The van der Waals surface area contributed by atoms with Gasteiger partial charge in [-0.15, -0.1) is 0 Å². The fourth-order valence-corrected chi connectivity index (χ4v) is 2.87. The molecule has 0 radical (unpaired) electrons. The summed E-state index contributed by atoms with van der Waals surface area (Å²) in [6.45, 7) is 6.00. The molecule has 126 valence electrons. The Hall–Kier alpha value is -2.04. The molecule has 0 bridgehead atoms. The van der Waals surface area contributed by atoms with E-state index in [2.05, 4.69) is 19.2 Å². The van der Waals surface area contributed by atoms with Gasteiger partial charge in [0, 0.05) is 26.1 Å². The molecule has 2 rings (SSSR count). The Morgan fingerprint density at radius 2 is 2.22 bits per heavy atom. The molecular formula is C18H26N2O3. The van der Waals surface area contributed by atoms with Crippen molar-refractivity contribution in [3.63, 3.8) is 0 Å². The van der Waals surface area contributed by atoms with Crippen molar-refractivity contribution in [3.05, 3.63) is 29.8 Å². The Morgan fingerprint density at radius 3 is 2.91 bits per heavy atom. The van der Waals surface area contributed by atoms with Gasteiger partial charge in [-0.05, 0) is 30.0 Å². The van der Waals surface area contributed by atoms with Gasteiger partial charge in [-0.25, -0.2) is 0 Å². The lowest BCUT2D eigenvalue weighted by atomic mass is 10.1. The van der Waals surface area contributed by atoms with Crippen LogP contribution < -0.4 is 10.1 Å². The molecule has 0 saturated carbocycles. The van der Waals surface area contributed by atoms with Crippen LogP contribution in [0.2, 0.25) is 0 Å². The van der Waals surface area contributed by atoms with E-state index in [9.17, 15) is 9.59 Å². The van der Waals surface area contributed by atoms with Crippen molar-refractivity contribution in [2.24, 2.45) is 11.8 Å². The lowest BCUT2D eigenvalue weighted by molar-refractivity contribution is -0.129. The smallest absolute Gasteiger partial charge is 0.225 e. The van der Waals surface area contributed by atoms with E-state index in [1.165, 1.54) is 0 Å². The summed E-state index contributed by atoms with van der Waals surface area (Å²) >= 11 is 0. The van der Waals surface area contributed by atoms with Crippen molar-refractivity contribution >= 4 is 11.8 Å². The second-order valence-electron chi connectivity index (χ2n) is 6.49. The molecule has 1 aromatic carbocycles. The van der Waals surface area contributed by atoms with Crippen LogP contribution in [0, 0.1) is 11.8 Å². The minimum atomic E-state index is -0.216. The molecule has 23 heavy (non-hydrogen) atoms. The van der Waals surface area contributed by atoms with Crippen molar-refractivity contribution in [2.75, 3.05) is 26.7 Å². The van der Waals surface area contributed by atoms with Gasteiger partial charge in [0.1, 0.15) is 5.75 Å². The van der Waals surface area contributed by atoms with Crippen LogP contribution in [0.5, 0.6) is 5.75 Å². The first kappa shape index (κ1) is 17.3. The summed E-state index contributed by atoms with van der Waals surface area (Å²) in [6.07, 6.45) is 1.08. The predicted molar refractivity (Wildman–Crippen MR) is 89.2 cm³/mol. The molecule has 1 aliphatic heterocycles. The second kappa shape index (κ2) is 7.99. The summed E-state index contributed by atoms with van der Waals surface area (Å²) in [6, 6.07) is 7.82. The Kier molecular flexibility index (Phi) is 6.02.